The number of carboxylic acids is 1. The van der Waals surface area contributed by atoms with Crippen LogP contribution in [0.4, 0.5) is 0 Å². The van der Waals surface area contributed by atoms with Crippen LogP contribution < -0.4 is 0 Å². The Kier molecular flexibility index (Phi) is 5.67. The van der Waals surface area contributed by atoms with Gasteiger partial charge in [0.1, 0.15) is 0 Å². The molecule has 144 valence electrons. The summed E-state index contributed by atoms with van der Waals surface area (Å²) in [4.78, 5) is 12.5. The molecule has 0 radical (unpaired) electrons. The van der Waals surface area contributed by atoms with E-state index in [0.29, 0.717) is 25.7 Å². The Balaban J connectivity index is 1.89. The second-order valence-electron chi connectivity index (χ2n) is 7.19. The Morgan fingerprint density at radius 2 is 1.70 bits per heavy atom. The van der Waals surface area contributed by atoms with Crippen molar-refractivity contribution >= 4 is 16.0 Å². The van der Waals surface area contributed by atoms with Gasteiger partial charge in [-0.1, -0.05) is 55.5 Å². The maximum absolute atomic E-state index is 13.1. The normalized spacial score (nSPS) is 23.8. The molecule has 6 heteroatoms. The van der Waals surface area contributed by atoms with E-state index in [2.05, 4.69) is 0 Å². The Labute approximate surface area is 160 Å². The molecule has 0 aromatic heterocycles. The van der Waals surface area contributed by atoms with Gasteiger partial charge in [-0.05, 0) is 43.4 Å². The first-order valence-corrected chi connectivity index (χ1v) is 10.7. The quantitative estimate of drug-likeness (QED) is 0.822. The molecule has 3 rings (SSSR count). The van der Waals surface area contributed by atoms with Crippen LogP contribution >= 0.6 is 0 Å². The number of aliphatic carboxylic acids is 1. The van der Waals surface area contributed by atoms with Crippen molar-refractivity contribution in [2.45, 2.75) is 43.5 Å². The maximum Gasteiger partial charge on any atom is 0.310 e. The fourth-order valence-electron chi connectivity index (χ4n) is 3.97. The van der Waals surface area contributed by atoms with Crippen LogP contribution in [0.1, 0.15) is 31.7 Å². The van der Waals surface area contributed by atoms with Crippen LogP contribution in [0.25, 0.3) is 0 Å². The van der Waals surface area contributed by atoms with E-state index in [-0.39, 0.29) is 17.5 Å². The first kappa shape index (κ1) is 19.6. The van der Waals surface area contributed by atoms with Crippen LogP contribution in [0.3, 0.4) is 0 Å². The average Bonchev–Trinajstić information content (AvgIpc) is 2.69. The van der Waals surface area contributed by atoms with E-state index in [1.165, 1.54) is 4.31 Å². The number of nitrogens with zero attached hydrogens (tertiary/aromatic N) is 1. The molecule has 1 N–H and O–H groups in total. The van der Waals surface area contributed by atoms with Crippen LogP contribution in [0, 0.1) is 5.41 Å². The molecule has 0 saturated carbocycles. The largest absolute Gasteiger partial charge is 0.481 e. The van der Waals surface area contributed by atoms with E-state index >= 15 is 0 Å². The lowest BCUT2D eigenvalue weighted by atomic mass is 9.71. The maximum atomic E-state index is 13.1. The standard InChI is InChI=1S/C21H25NO4S/c1-2-18-16-21(20(23)24,15-17-9-5-3-6-10-17)13-14-22(18)27(25,26)19-11-7-4-8-12-19/h3-12,18H,2,13-16H2,1H3,(H,23,24). The summed E-state index contributed by atoms with van der Waals surface area (Å²) in [5.74, 6) is -0.846. The van der Waals surface area contributed by atoms with Crippen molar-refractivity contribution in [3.05, 3.63) is 66.2 Å². The molecule has 27 heavy (non-hydrogen) atoms. The second-order valence-corrected chi connectivity index (χ2v) is 9.08. The minimum absolute atomic E-state index is 0.217. The van der Waals surface area contributed by atoms with Gasteiger partial charge in [0.25, 0.3) is 0 Å². The third-order valence-corrected chi connectivity index (χ3v) is 7.47. The van der Waals surface area contributed by atoms with Gasteiger partial charge in [0.2, 0.25) is 10.0 Å². The van der Waals surface area contributed by atoms with Gasteiger partial charge in [-0.3, -0.25) is 4.79 Å². The van der Waals surface area contributed by atoms with E-state index in [0.717, 1.165) is 5.56 Å². The van der Waals surface area contributed by atoms with Crippen molar-refractivity contribution in [1.29, 1.82) is 0 Å². The highest BCUT2D eigenvalue weighted by molar-refractivity contribution is 7.89. The van der Waals surface area contributed by atoms with Crippen molar-refractivity contribution in [3.8, 4) is 0 Å². The molecule has 0 aliphatic carbocycles. The highest BCUT2D eigenvalue weighted by Crippen LogP contribution is 2.41. The molecule has 2 aromatic carbocycles. The summed E-state index contributed by atoms with van der Waals surface area (Å²) in [5, 5.41) is 10.0. The second kappa shape index (κ2) is 7.82. The molecular formula is C21H25NO4S. The van der Waals surface area contributed by atoms with Gasteiger partial charge in [-0.25, -0.2) is 8.42 Å². The SMILES string of the molecule is CCC1CC(Cc2ccccc2)(C(=O)O)CCN1S(=O)(=O)c1ccccc1. The molecule has 5 nitrogen and oxygen atoms in total. The zero-order valence-corrected chi connectivity index (χ0v) is 16.2. The Bertz CT molecular complexity index is 883. The third-order valence-electron chi connectivity index (χ3n) is 5.50. The minimum atomic E-state index is -3.63. The molecule has 1 fully saturated rings. The molecule has 1 aliphatic rings. The molecule has 0 amide bonds. The summed E-state index contributed by atoms with van der Waals surface area (Å²) in [6.07, 6.45) is 1.62. The van der Waals surface area contributed by atoms with Crippen LogP contribution in [0.15, 0.2) is 65.6 Å². The lowest BCUT2D eigenvalue weighted by Gasteiger charge is -2.43. The number of benzene rings is 2. The lowest BCUT2D eigenvalue weighted by Crippen LogP contribution is -2.52. The van der Waals surface area contributed by atoms with Crippen LogP contribution in [0.5, 0.6) is 0 Å². The van der Waals surface area contributed by atoms with Crippen molar-refractivity contribution < 1.29 is 18.3 Å². The Morgan fingerprint density at radius 1 is 1.11 bits per heavy atom. The summed E-state index contributed by atoms with van der Waals surface area (Å²) in [6, 6.07) is 17.6. The predicted molar refractivity (Wildman–Crippen MR) is 104 cm³/mol. The fourth-order valence-corrected chi connectivity index (χ4v) is 5.69. The first-order valence-electron chi connectivity index (χ1n) is 9.23. The Hall–Kier alpha value is -2.18. The highest BCUT2D eigenvalue weighted by Gasteiger charge is 2.48. The topological polar surface area (TPSA) is 74.7 Å². The van der Waals surface area contributed by atoms with Gasteiger partial charge in [0, 0.05) is 12.6 Å². The number of sulfonamides is 1. The number of hydrogen-bond donors (Lipinski definition) is 1. The fraction of sp³-hybridized carbons (Fsp3) is 0.381. The number of carbonyl (C=O) groups is 1. The number of carboxylic acid groups (broad SMARTS) is 1. The molecule has 1 aliphatic heterocycles. The van der Waals surface area contributed by atoms with Gasteiger partial charge >= 0.3 is 5.97 Å². The van der Waals surface area contributed by atoms with Crippen molar-refractivity contribution in [2.24, 2.45) is 5.41 Å². The third kappa shape index (κ3) is 3.92. The molecule has 2 unspecified atom stereocenters. The van der Waals surface area contributed by atoms with E-state index in [9.17, 15) is 18.3 Å². The van der Waals surface area contributed by atoms with Crippen LogP contribution in [0.2, 0.25) is 0 Å². The van der Waals surface area contributed by atoms with Crippen LogP contribution in [-0.2, 0) is 21.2 Å². The average molecular weight is 388 g/mol. The van der Waals surface area contributed by atoms with Crippen molar-refractivity contribution in [1.82, 2.24) is 4.31 Å². The molecular weight excluding hydrogens is 362 g/mol. The molecule has 2 atom stereocenters. The zero-order chi connectivity index (χ0) is 19.5. The van der Waals surface area contributed by atoms with Gasteiger partial charge in [0.15, 0.2) is 0 Å². The summed E-state index contributed by atoms with van der Waals surface area (Å²) in [5.41, 5.74) is 0.0270. The number of hydrogen-bond acceptors (Lipinski definition) is 3. The van der Waals surface area contributed by atoms with Gasteiger partial charge < -0.3 is 5.11 Å². The first-order chi connectivity index (χ1) is 12.9. The summed E-state index contributed by atoms with van der Waals surface area (Å²) in [6.45, 7) is 2.13. The summed E-state index contributed by atoms with van der Waals surface area (Å²) < 4.78 is 27.6. The van der Waals surface area contributed by atoms with Gasteiger partial charge in [-0.15, -0.1) is 0 Å². The molecule has 1 saturated heterocycles. The van der Waals surface area contributed by atoms with Crippen LogP contribution in [-0.4, -0.2) is 36.4 Å². The lowest BCUT2D eigenvalue weighted by molar-refractivity contribution is -0.152. The smallest absolute Gasteiger partial charge is 0.310 e. The van der Waals surface area contributed by atoms with Crippen molar-refractivity contribution in [3.63, 3.8) is 0 Å². The number of rotatable bonds is 6. The summed E-state index contributed by atoms with van der Waals surface area (Å²) in [7, 11) is -3.63. The van der Waals surface area contributed by atoms with Crippen molar-refractivity contribution in [2.75, 3.05) is 6.54 Å². The molecule has 0 spiro atoms. The zero-order valence-electron chi connectivity index (χ0n) is 15.4. The van der Waals surface area contributed by atoms with E-state index in [4.69, 9.17) is 0 Å². The number of piperidine rings is 1. The molecule has 0 bridgehead atoms. The predicted octanol–water partition coefficient (Wildman–Crippen LogP) is 3.56. The van der Waals surface area contributed by atoms with E-state index in [1.807, 2.05) is 37.3 Å². The van der Waals surface area contributed by atoms with E-state index in [1.54, 1.807) is 30.3 Å². The van der Waals surface area contributed by atoms with Gasteiger partial charge in [0.05, 0.1) is 10.3 Å². The highest BCUT2D eigenvalue weighted by atomic mass is 32.2. The monoisotopic (exact) mass is 387 g/mol. The minimum Gasteiger partial charge on any atom is -0.481 e. The van der Waals surface area contributed by atoms with Gasteiger partial charge in [-0.2, -0.15) is 4.31 Å². The molecule has 1 heterocycles. The Morgan fingerprint density at radius 3 is 2.26 bits per heavy atom. The van der Waals surface area contributed by atoms with E-state index < -0.39 is 21.4 Å². The summed E-state index contributed by atoms with van der Waals surface area (Å²) >= 11 is 0. The molecule has 2 aromatic rings.